The molecule has 1 aromatic rings. The predicted molar refractivity (Wildman–Crippen MR) is 84.4 cm³/mol. The zero-order valence-corrected chi connectivity index (χ0v) is 13.8. The Morgan fingerprint density at radius 2 is 2.19 bits per heavy atom. The number of morpholine rings is 1. The molecule has 0 aliphatic carbocycles. The van der Waals surface area contributed by atoms with E-state index in [0.29, 0.717) is 24.9 Å². The average Bonchev–Trinajstić information content (AvgIpc) is 2.41. The summed E-state index contributed by atoms with van der Waals surface area (Å²) >= 11 is 5.99. The molecule has 1 saturated heterocycles. The molecule has 0 spiro atoms. The van der Waals surface area contributed by atoms with E-state index in [2.05, 4.69) is 18.7 Å². The van der Waals surface area contributed by atoms with Crippen LogP contribution in [0.3, 0.4) is 0 Å². The molecule has 118 valence electrons. The normalized spacial score (nSPS) is 20.9. The number of ether oxygens (including phenoxy) is 1. The largest absolute Gasteiger partial charge is 0.399 e. The van der Waals surface area contributed by atoms with Crippen LogP contribution in [0.2, 0.25) is 5.02 Å². The third kappa shape index (κ3) is 4.10. The van der Waals surface area contributed by atoms with E-state index < -0.39 is 9.84 Å². The highest BCUT2D eigenvalue weighted by Gasteiger charge is 2.29. The average molecular weight is 333 g/mol. The summed E-state index contributed by atoms with van der Waals surface area (Å²) in [4.78, 5) is 2.29. The van der Waals surface area contributed by atoms with Gasteiger partial charge in [0.1, 0.15) is 0 Å². The number of nitrogens with two attached hydrogens (primary N) is 1. The molecule has 1 aliphatic heterocycles. The van der Waals surface area contributed by atoms with Crippen molar-refractivity contribution in [1.29, 1.82) is 0 Å². The smallest absolute Gasteiger partial charge is 0.182 e. The maximum Gasteiger partial charge on any atom is 0.182 e. The van der Waals surface area contributed by atoms with Gasteiger partial charge in [-0.15, -0.1) is 0 Å². The van der Waals surface area contributed by atoms with Crippen LogP contribution in [-0.2, 0) is 14.6 Å². The monoisotopic (exact) mass is 332 g/mol. The Labute approximate surface area is 130 Å². The highest BCUT2D eigenvalue weighted by Crippen LogP contribution is 2.26. The van der Waals surface area contributed by atoms with E-state index >= 15 is 0 Å². The first-order valence-electron chi connectivity index (χ1n) is 6.93. The van der Waals surface area contributed by atoms with Gasteiger partial charge >= 0.3 is 0 Å². The summed E-state index contributed by atoms with van der Waals surface area (Å²) in [6.45, 7) is 6.16. The molecule has 5 nitrogen and oxygen atoms in total. The van der Waals surface area contributed by atoms with Crippen LogP contribution in [0.15, 0.2) is 23.1 Å². The quantitative estimate of drug-likeness (QED) is 0.851. The SMILES string of the molecule is CC(C)N1CCOC(CS(=O)(=O)c2cc(N)ccc2Cl)C1. The molecule has 2 rings (SSSR count). The van der Waals surface area contributed by atoms with Gasteiger partial charge in [-0.2, -0.15) is 0 Å². The second kappa shape index (κ2) is 6.52. The zero-order valence-electron chi connectivity index (χ0n) is 12.3. The van der Waals surface area contributed by atoms with E-state index in [1.54, 1.807) is 6.07 Å². The minimum Gasteiger partial charge on any atom is -0.399 e. The van der Waals surface area contributed by atoms with Gasteiger partial charge in [0.05, 0.1) is 28.4 Å². The van der Waals surface area contributed by atoms with Gasteiger partial charge in [0.15, 0.2) is 9.84 Å². The molecule has 1 aliphatic rings. The number of nitrogen functional groups attached to an aromatic ring is 1. The van der Waals surface area contributed by atoms with Crippen LogP contribution >= 0.6 is 11.6 Å². The zero-order chi connectivity index (χ0) is 15.6. The van der Waals surface area contributed by atoms with Gasteiger partial charge in [0.25, 0.3) is 0 Å². The molecule has 0 radical (unpaired) electrons. The fourth-order valence-electron chi connectivity index (χ4n) is 2.40. The van der Waals surface area contributed by atoms with E-state index in [1.807, 2.05) is 0 Å². The Morgan fingerprint density at radius 3 is 2.86 bits per heavy atom. The first kappa shape index (κ1) is 16.5. The first-order valence-corrected chi connectivity index (χ1v) is 8.96. The van der Waals surface area contributed by atoms with Gasteiger partial charge in [-0.3, -0.25) is 4.90 Å². The molecule has 0 aromatic heterocycles. The summed E-state index contributed by atoms with van der Waals surface area (Å²) in [7, 11) is -3.53. The number of sulfone groups is 1. The number of rotatable bonds is 4. The molecule has 0 amide bonds. The van der Waals surface area contributed by atoms with Gasteiger partial charge in [-0.1, -0.05) is 11.6 Å². The van der Waals surface area contributed by atoms with E-state index in [4.69, 9.17) is 22.1 Å². The minimum absolute atomic E-state index is 0.0782. The van der Waals surface area contributed by atoms with Crippen molar-refractivity contribution in [3.05, 3.63) is 23.2 Å². The van der Waals surface area contributed by atoms with Crippen molar-refractivity contribution >= 4 is 27.1 Å². The molecule has 1 unspecified atom stereocenters. The molecule has 2 N–H and O–H groups in total. The van der Waals surface area contributed by atoms with Crippen molar-refractivity contribution in [2.24, 2.45) is 0 Å². The van der Waals surface area contributed by atoms with E-state index in [-0.39, 0.29) is 21.8 Å². The fourth-order valence-corrected chi connectivity index (χ4v) is 4.43. The third-order valence-electron chi connectivity index (χ3n) is 3.60. The molecule has 0 bridgehead atoms. The molecular formula is C14H21ClN2O3S. The Hall–Kier alpha value is -0.820. The second-order valence-electron chi connectivity index (χ2n) is 5.55. The molecule has 1 aromatic carbocycles. The summed E-state index contributed by atoms with van der Waals surface area (Å²) in [6.07, 6.45) is -0.344. The Balaban J connectivity index is 2.15. The standard InChI is InChI=1S/C14H21ClN2O3S/c1-10(2)17-5-6-20-12(8-17)9-21(18,19)14-7-11(16)3-4-13(14)15/h3-4,7,10,12H,5-6,8-9,16H2,1-2H3. The van der Waals surface area contributed by atoms with Crippen molar-refractivity contribution in [2.75, 3.05) is 31.2 Å². The van der Waals surface area contributed by atoms with Crippen LogP contribution in [-0.4, -0.2) is 50.9 Å². The molecule has 7 heteroatoms. The van der Waals surface area contributed by atoms with Crippen molar-refractivity contribution in [2.45, 2.75) is 30.9 Å². The van der Waals surface area contributed by atoms with Crippen molar-refractivity contribution in [3.63, 3.8) is 0 Å². The summed E-state index contributed by atoms with van der Waals surface area (Å²) in [5.74, 6) is -0.0839. The Bertz CT molecular complexity index is 604. The molecule has 1 fully saturated rings. The maximum atomic E-state index is 12.5. The molecule has 1 heterocycles. The van der Waals surface area contributed by atoms with Gasteiger partial charge in [-0.25, -0.2) is 8.42 Å². The number of nitrogens with zero attached hydrogens (tertiary/aromatic N) is 1. The highest BCUT2D eigenvalue weighted by molar-refractivity contribution is 7.91. The lowest BCUT2D eigenvalue weighted by Gasteiger charge is -2.35. The van der Waals surface area contributed by atoms with Gasteiger partial charge in [0.2, 0.25) is 0 Å². The van der Waals surface area contributed by atoms with E-state index in [1.165, 1.54) is 12.1 Å². The first-order chi connectivity index (χ1) is 9.79. The molecular weight excluding hydrogens is 312 g/mol. The topological polar surface area (TPSA) is 72.6 Å². The second-order valence-corrected chi connectivity index (χ2v) is 7.96. The van der Waals surface area contributed by atoms with Crippen LogP contribution < -0.4 is 5.73 Å². The van der Waals surface area contributed by atoms with Crippen molar-refractivity contribution in [1.82, 2.24) is 4.90 Å². The van der Waals surface area contributed by atoms with E-state index in [9.17, 15) is 8.42 Å². The summed E-state index contributed by atoms with van der Waals surface area (Å²) in [5, 5.41) is 0.195. The van der Waals surface area contributed by atoms with Crippen LogP contribution in [0, 0.1) is 0 Å². The summed E-state index contributed by atoms with van der Waals surface area (Å²) in [5.41, 5.74) is 6.04. The summed E-state index contributed by atoms with van der Waals surface area (Å²) in [6, 6.07) is 4.86. The van der Waals surface area contributed by atoms with Crippen LogP contribution in [0.25, 0.3) is 0 Å². The third-order valence-corrected chi connectivity index (χ3v) is 5.86. The molecule has 1 atom stereocenters. The molecule has 0 saturated carbocycles. The lowest BCUT2D eigenvalue weighted by Crippen LogP contribution is -2.48. The lowest BCUT2D eigenvalue weighted by atomic mass is 10.2. The lowest BCUT2D eigenvalue weighted by molar-refractivity contribution is -0.0272. The maximum absolute atomic E-state index is 12.5. The van der Waals surface area contributed by atoms with Gasteiger partial charge in [-0.05, 0) is 32.0 Å². The van der Waals surface area contributed by atoms with E-state index in [0.717, 1.165) is 6.54 Å². The number of anilines is 1. The number of hydrogen-bond donors (Lipinski definition) is 1. The van der Waals surface area contributed by atoms with Crippen molar-refractivity contribution in [3.8, 4) is 0 Å². The van der Waals surface area contributed by atoms with Gasteiger partial charge < -0.3 is 10.5 Å². The fraction of sp³-hybridized carbons (Fsp3) is 0.571. The van der Waals surface area contributed by atoms with Crippen LogP contribution in [0.4, 0.5) is 5.69 Å². The number of hydrogen-bond acceptors (Lipinski definition) is 5. The van der Waals surface area contributed by atoms with Gasteiger partial charge in [0, 0.05) is 24.8 Å². The summed E-state index contributed by atoms with van der Waals surface area (Å²) < 4.78 is 30.6. The predicted octanol–water partition coefficient (Wildman–Crippen LogP) is 1.81. The highest BCUT2D eigenvalue weighted by atomic mass is 35.5. The Kier molecular flexibility index (Phi) is 5.14. The molecule has 21 heavy (non-hydrogen) atoms. The Morgan fingerprint density at radius 1 is 1.48 bits per heavy atom. The van der Waals surface area contributed by atoms with Crippen LogP contribution in [0.5, 0.6) is 0 Å². The number of halogens is 1. The number of benzene rings is 1. The minimum atomic E-state index is -3.53. The van der Waals surface area contributed by atoms with Crippen LogP contribution in [0.1, 0.15) is 13.8 Å². The van der Waals surface area contributed by atoms with Crippen molar-refractivity contribution < 1.29 is 13.2 Å².